The molecule has 1 N–H and O–H groups in total. The average molecular weight is 240 g/mol. The normalized spacial score (nSPS) is 22.6. The van der Waals surface area contributed by atoms with Gasteiger partial charge in [-0.25, -0.2) is 8.78 Å². The van der Waals surface area contributed by atoms with Crippen LogP contribution >= 0.6 is 0 Å². The minimum atomic E-state index is -2.48. The van der Waals surface area contributed by atoms with Crippen molar-refractivity contribution >= 4 is 0 Å². The molecule has 1 aromatic rings. The van der Waals surface area contributed by atoms with Crippen molar-refractivity contribution in [2.75, 3.05) is 0 Å². The predicted molar refractivity (Wildman–Crippen MR) is 63.2 cm³/mol. The van der Waals surface area contributed by atoms with Gasteiger partial charge in [-0.1, -0.05) is 18.2 Å². The molecule has 1 nitrogen and oxygen atoms in total. The third-order valence-corrected chi connectivity index (χ3v) is 3.48. The van der Waals surface area contributed by atoms with E-state index in [1.54, 1.807) is 13.8 Å². The summed E-state index contributed by atoms with van der Waals surface area (Å²) in [6.45, 7) is 5.32. The molecule has 1 fully saturated rings. The highest BCUT2D eigenvalue weighted by atomic mass is 19.3. The van der Waals surface area contributed by atoms with Crippen molar-refractivity contribution in [2.45, 2.75) is 45.1 Å². The van der Waals surface area contributed by atoms with Gasteiger partial charge in [-0.3, -0.25) is 0 Å². The van der Waals surface area contributed by atoms with Crippen molar-refractivity contribution in [3.63, 3.8) is 0 Å². The summed E-state index contributed by atoms with van der Waals surface area (Å²) in [5.41, 5.74) is 1.80. The van der Waals surface area contributed by atoms with Gasteiger partial charge in [0.2, 0.25) is 0 Å². The first-order chi connectivity index (χ1) is 7.70. The molecule has 1 aromatic carbocycles. The lowest BCUT2D eigenvalue weighted by Crippen LogP contribution is -2.16. The lowest BCUT2D eigenvalue weighted by Gasteiger charge is -2.19. The lowest BCUT2D eigenvalue weighted by molar-refractivity contribution is 0.0784. The summed E-state index contributed by atoms with van der Waals surface area (Å²) in [5.74, 6) is -2.99. The second-order valence-corrected chi connectivity index (χ2v) is 5.57. The first-order valence-corrected chi connectivity index (χ1v) is 5.90. The summed E-state index contributed by atoms with van der Waals surface area (Å²) < 4.78 is 25.8. The number of rotatable bonds is 3. The molecule has 3 heteroatoms. The van der Waals surface area contributed by atoms with E-state index in [9.17, 15) is 13.9 Å². The lowest BCUT2D eigenvalue weighted by atomic mass is 9.92. The molecule has 1 saturated carbocycles. The maximum Gasteiger partial charge on any atom is 0.251 e. The third kappa shape index (κ3) is 2.65. The molecule has 2 rings (SSSR count). The van der Waals surface area contributed by atoms with Gasteiger partial charge in [0, 0.05) is 12.3 Å². The van der Waals surface area contributed by atoms with E-state index in [-0.39, 0.29) is 6.42 Å². The zero-order chi connectivity index (χ0) is 12.8. The van der Waals surface area contributed by atoms with Crippen LogP contribution in [0.1, 0.15) is 37.0 Å². The minimum absolute atomic E-state index is 0.000808. The molecule has 0 aliphatic heterocycles. The van der Waals surface area contributed by atoms with Crippen molar-refractivity contribution in [1.82, 2.24) is 0 Å². The Labute approximate surface area is 100 Å². The number of benzene rings is 1. The van der Waals surface area contributed by atoms with E-state index >= 15 is 0 Å². The number of aliphatic hydroxyl groups is 1. The number of alkyl halides is 2. The van der Waals surface area contributed by atoms with E-state index in [0.717, 1.165) is 16.7 Å². The molecule has 0 bridgehead atoms. The molecule has 1 aliphatic rings. The molecule has 0 radical (unpaired) electrons. The van der Waals surface area contributed by atoms with E-state index in [1.807, 2.05) is 25.1 Å². The highest BCUT2D eigenvalue weighted by molar-refractivity contribution is 5.34. The van der Waals surface area contributed by atoms with Crippen LogP contribution in [-0.2, 0) is 12.0 Å². The average Bonchev–Trinajstić information content (AvgIpc) is 2.75. The van der Waals surface area contributed by atoms with E-state index in [4.69, 9.17) is 0 Å². The van der Waals surface area contributed by atoms with Crippen molar-refractivity contribution < 1.29 is 13.9 Å². The summed E-state index contributed by atoms with van der Waals surface area (Å²) >= 11 is 0. The number of hydrogen-bond acceptors (Lipinski definition) is 1. The van der Waals surface area contributed by atoms with Gasteiger partial charge in [-0.2, -0.15) is 0 Å². The molecule has 1 unspecified atom stereocenters. The van der Waals surface area contributed by atoms with Crippen LogP contribution in [0.3, 0.4) is 0 Å². The second-order valence-electron chi connectivity index (χ2n) is 5.57. The summed E-state index contributed by atoms with van der Waals surface area (Å²) in [6.07, 6.45) is 0.405. The number of halogens is 2. The van der Waals surface area contributed by atoms with E-state index in [1.165, 1.54) is 0 Å². The zero-order valence-electron chi connectivity index (χ0n) is 10.4. The van der Waals surface area contributed by atoms with Gasteiger partial charge in [0.05, 0.1) is 5.60 Å². The Morgan fingerprint density at radius 2 is 2.00 bits per heavy atom. The first kappa shape index (κ1) is 12.5. The third-order valence-electron chi connectivity index (χ3n) is 3.48. The van der Waals surface area contributed by atoms with E-state index in [2.05, 4.69) is 0 Å². The second kappa shape index (κ2) is 3.77. The Bertz CT molecular complexity index is 432. The van der Waals surface area contributed by atoms with Crippen LogP contribution in [0.2, 0.25) is 0 Å². The van der Waals surface area contributed by atoms with Gasteiger partial charge in [0.15, 0.2) is 0 Å². The molecule has 0 aromatic heterocycles. The Morgan fingerprint density at radius 3 is 2.47 bits per heavy atom. The molecule has 1 atom stereocenters. The first-order valence-electron chi connectivity index (χ1n) is 5.90. The van der Waals surface area contributed by atoms with Gasteiger partial charge in [-0.05, 0) is 43.9 Å². The van der Waals surface area contributed by atoms with Gasteiger partial charge >= 0.3 is 0 Å². The molecule has 0 amide bonds. The molecular weight excluding hydrogens is 222 g/mol. The van der Waals surface area contributed by atoms with Gasteiger partial charge < -0.3 is 5.11 Å². The van der Waals surface area contributed by atoms with Crippen LogP contribution in [0.15, 0.2) is 18.2 Å². The van der Waals surface area contributed by atoms with Crippen LogP contribution in [0.25, 0.3) is 0 Å². The maximum atomic E-state index is 12.9. The van der Waals surface area contributed by atoms with Crippen molar-refractivity contribution in [3.8, 4) is 0 Å². The highest BCUT2D eigenvalue weighted by Crippen LogP contribution is 2.50. The minimum Gasteiger partial charge on any atom is -0.386 e. The van der Waals surface area contributed by atoms with Crippen LogP contribution in [0.4, 0.5) is 8.78 Å². The number of aryl methyl sites for hydroxylation is 1. The SMILES string of the molecule is Cc1ccc(C(C)(C)O)cc1CC1CC1(F)F. The smallest absolute Gasteiger partial charge is 0.251 e. The monoisotopic (exact) mass is 240 g/mol. The Kier molecular flexibility index (Phi) is 2.77. The summed E-state index contributed by atoms with van der Waals surface area (Å²) in [7, 11) is 0. The van der Waals surface area contributed by atoms with Crippen molar-refractivity contribution in [1.29, 1.82) is 0 Å². The van der Waals surface area contributed by atoms with E-state index in [0.29, 0.717) is 6.42 Å². The van der Waals surface area contributed by atoms with Crippen LogP contribution < -0.4 is 0 Å². The van der Waals surface area contributed by atoms with Gasteiger partial charge in [0.25, 0.3) is 5.92 Å². The van der Waals surface area contributed by atoms with Crippen LogP contribution in [-0.4, -0.2) is 11.0 Å². The fourth-order valence-electron chi connectivity index (χ4n) is 2.03. The Morgan fingerprint density at radius 1 is 1.41 bits per heavy atom. The molecule has 0 spiro atoms. The van der Waals surface area contributed by atoms with Crippen molar-refractivity contribution in [2.24, 2.45) is 5.92 Å². The standard InChI is InChI=1S/C14H18F2O/c1-9-4-5-11(13(2,3)17)6-10(9)7-12-8-14(12,15)16/h4-6,12,17H,7-8H2,1-3H3. The van der Waals surface area contributed by atoms with Gasteiger partial charge in [0.1, 0.15) is 0 Å². The topological polar surface area (TPSA) is 20.2 Å². The molecular formula is C14H18F2O. The van der Waals surface area contributed by atoms with Gasteiger partial charge in [-0.15, -0.1) is 0 Å². The maximum absolute atomic E-state index is 12.9. The summed E-state index contributed by atoms with van der Waals surface area (Å²) in [5, 5.41) is 9.91. The predicted octanol–water partition coefficient (Wildman–Crippen LogP) is 3.42. The molecule has 94 valence electrons. The molecule has 0 saturated heterocycles. The summed E-state index contributed by atoms with van der Waals surface area (Å²) in [4.78, 5) is 0. The largest absolute Gasteiger partial charge is 0.386 e. The van der Waals surface area contributed by atoms with Crippen LogP contribution in [0.5, 0.6) is 0 Å². The van der Waals surface area contributed by atoms with E-state index < -0.39 is 17.4 Å². The highest BCUT2D eigenvalue weighted by Gasteiger charge is 2.56. The quantitative estimate of drug-likeness (QED) is 0.858. The molecule has 0 heterocycles. The Hall–Kier alpha value is -0.960. The van der Waals surface area contributed by atoms with Crippen LogP contribution in [0, 0.1) is 12.8 Å². The fraction of sp³-hybridized carbons (Fsp3) is 0.571. The fourth-order valence-corrected chi connectivity index (χ4v) is 2.03. The van der Waals surface area contributed by atoms with Crippen molar-refractivity contribution in [3.05, 3.63) is 34.9 Å². The molecule has 1 aliphatic carbocycles. The zero-order valence-corrected chi connectivity index (χ0v) is 10.4. The Balaban J connectivity index is 2.22. The number of hydrogen-bond donors (Lipinski definition) is 1. The molecule has 17 heavy (non-hydrogen) atoms. The summed E-state index contributed by atoms with van der Waals surface area (Å²) in [6, 6.07) is 5.59.